The van der Waals surface area contributed by atoms with Gasteiger partial charge in [-0.15, -0.1) is 0 Å². The number of carbonyl (C=O) groups excluding carboxylic acids is 1. The molecule has 130 valence electrons. The molecule has 0 heterocycles. The molecule has 0 fully saturated rings. The highest BCUT2D eigenvalue weighted by molar-refractivity contribution is 7.88. The van der Waals surface area contributed by atoms with Gasteiger partial charge >= 0.3 is 21.6 Å². The van der Waals surface area contributed by atoms with Crippen LogP contribution in [0, 0.1) is 0 Å². The molecular weight excluding hydrogens is 396 g/mol. The molecule has 0 bridgehead atoms. The quantitative estimate of drug-likeness (QED) is 0.437. The van der Waals surface area contributed by atoms with Gasteiger partial charge in [0.2, 0.25) is 0 Å². The Kier molecular flexibility index (Phi) is 4.89. The number of carbonyl (C=O) groups is 1. The molecule has 2 aromatic carbocycles. The predicted molar refractivity (Wildman–Crippen MR) is 80.9 cm³/mol. The third-order valence-corrected chi connectivity index (χ3v) is 4.32. The molecule has 2 aromatic rings. The van der Waals surface area contributed by atoms with Crippen molar-refractivity contribution in [3.63, 3.8) is 0 Å². The van der Waals surface area contributed by atoms with E-state index in [4.69, 9.17) is 23.2 Å². The summed E-state index contributed by atoms with van der Waals surface area (Å²) >= 11 is 11.7. The minimum Gasteiger partial charge on any atom is -0.465 e. The van der Waals surface area contributed by atoms with Crippen molar-refractivity contribution in [3.8, 4) is 5.75 Å². The first-order valence-corrected chi connectivity index (χ1v) is 8.14. The molecule has 0 aliphatic carbocycles. The highest BCUT2D eigenvalue weighted by Crippen LogP contribution is 2.38. The van der Waals surface area contributed by atoms with Gasteiger partial charge in [0.05, 0.1) is 17.7 Å². The van der Waals surface area contributed by atoms with Crippen LogP contribution >= 0.6 is 23.2 Å². The third-order valence-electron chi connectivity index (χ3n) is 2.83. The van der Waals surface area contributed by atoms with Crippen LogP contribution in [0.4, 0.5) is 13.2 Å². The average Bonchev–Trinajstić information content (AvgIpc) is 2.43. The molecule has 24 heavy (non-hydrogen) atoms. The second-order valence-electron chi connectivity index (χ2n) is 4.43. The summed E-state index contributed by atoms with van der Waals surface area (Å²) in [6.07, 6.45) is 0. The van der Waals surface area contributed by atoms with E-state index in [1.54, 1.807) is 0 Å². The van der Waals surface area contributed by atoms with Gasteiger partial charge in [-0.1, -0.05) is 23.2 Å². The lowest BCUT2D eigenvalue weighted by molar-refractivity contribution is -0.0499. The Morgan fingerprint density at radius 3 is 2.29 bits per heavy atom. The molecule has 0 saturated carbocycles. The van der Waals surface area contributed by atoms with Crippen molar-refractivity contribution < 1.29 is 35.3 Å². The molecule has 0 saturated heterocycles. The minimum atomic E-state index is -5.96. The first-order valence-electron chi connectivity index (χ1n) is 5.98. The number of fused-ring (bicyclic) bond motifs is 1. The van der Waals surface area contributed by atoms with Crippen molar-refractivity contribution >= 4 is 50.1 Å². The van der Waals surface area contributed by atoms with Crippen molar-refractivity contribution in [1.82, 2.24) is 0 Å². The summed E-state index contributed by atoms with van der Waals surface area (Å²) in [5.74, 6) is -1.69. The van der Waals surface area contributed by atoms with E-state index >= 15 is 0 Å². The summed E-state index contributed by atoms with van der Waals surface area (Å²) in [7, 11) is -4.92. The fourth-order valence-electron chi connectivity index (χ4n) is 1.86. The van der Waals surface area contributed by atoms with Gasteiger partial charge in [0.15, 0.2) is 5.75 Å². The maximum atomic E-state index is 12.6. The van der Waals surface area contributed by atoms with Crippen LogP contribution in [0.1, 0.15) is 10.4 Å². The van der Waals surface area contributed by atoms with Crippen molar-refractivity contribution in [3.05, 3.63) is 39.9 Å². The highest BCUT2D eigenvalue weighted by Gasteiger charge is 2.48. The van der Waals surface area contributed by atoms with Crippen LogP contribution in [0.2, 0.25) is 10.0 Å². The summed E-state index contributed by atoms with van der Waals surface area (Å²) in [5.41, 5.74) is -5.89. The molecule has 0 radical (unpaired) electrons. The molecule has 0 unspecified atom stereocenters. The number of esters is 1. The Morgan fingerprint density at radius 2 is 1.75 bits per heavy atom. The normalized spacial score (nSPS) is 12.2. The summed E-state index contributed by atoms with van der Waals surface area (Å²) in [6, 6.07) is 4.49. The average molecular weight is 403 g/mol. The fraction of sp³-hybridized carbons (Fsp3) is 0.154. The fourth-order valence-corrected chi connectivity index (χ4v) is 2.92. The van der Waals surface area contributed by atoms with Crippen LogP contribution in [-0.2, 0) is 14.9 Å². The van der Waals surface area contributed by atoms with Crippen molar-refractivity contribution in [2.75, 3.05) is 7.11 Å². The maximum Gasteiger partial charge on any atom is 0.534 e. The zero-order valence-corrected chi connectivity index (χ0v) is 14.0. The standard InChI is InChI=1S/C13H7Cl2F3O5S/c1-22-12(19)7-2-6-3-8(14)5-9(15)11(6)10(4-7)23-24(20,21)13(16,17)18/h2-5H,1H3. The molecule has 0 aliphatic rings. The number of benzene rings is 2. The number of hydrogen-bond acceptors (Lipinski definition) is 5. The van der Waals surface area contributed by atoms with Crippen LogP contribution in [-0.4, -0.2) is 27.0 Å². The molecule has 2 rings (SSSR count). The Bertz CT molecular complexity index is 925. The van der Waals surface area contributed by atoms with Gasteiger partial charge in [-0.05, 0) is 29.7 Å². The maximum absolute atomic E-state index is 12.6. The lowest BCUT2D eigenvalue weighted by Crippen LogP contribution is -2.28. The van der Waals surface area contributed by atoms with Gasteiger partial charge in [-0.25, -0.2) is 4.79 Å². The van der Waals surface area contributed by atoms with E-state index in [9.17, 15) is 26.4 Å². The molecule has 0 spiro atoms. The number of hydrogen-bond donors (Lipinski definition) is 0. The molecular formula is C13H7Cl2F3O5S. The van der Waals surface area contributed by atoms with Crippen LogP contribution < -0.4 is 4.18 Å². The largest absolute Gasteiger partial charge is 0.534 e. The Balaban J connectivity index is 2.77. The smallest absolute Gasteiger partial charge is 0.465 e. The van der Waals surface area contributed by atoms with Gasteiger partial charge in [0.1, 0.15) is 0 Å². The summed E-state index contributed by atoms with van der Waals surface area (Å²) in [6.45, 7) is 0. The predicted octanol–water partition coefficient (Wildman–Crippen LogP) is 4.16. The molecule has 0 aromatic heterocycles. The monoisotopic (exact) mass is 402 g/mol. The number of methoxy groups -OCH3 is 1. The number of alkyl halides is 3. The van der Waals surface area contributed by atoms with E-state index in [0.717, 1.165) is 13.2 Å². The molecule has 5 nitrogen and oxygen atoms in total. The Hall–Kier alpha value is -1.71. The molecule has 0 amide bonds. The molecule has 0 aliphatic heterocycles. The second kappa shape index (κ2) is 6.30. The van der Waals surface area contributed by atoms with Crippen LogP contribution in [0.15, 0.2) is 24.3 Å². The lowest BCUT2D eigenvalue weighted by atomic mass is 10.1. The number of ether oxygens (including phenoxy) is 1. The summed E-state index contributed by atoms with van der Waals surface area (Å²) in [4.78, 5) is 11.6. The van der Waals surface area contributed by atoms with Gasteiger partial charge in [-0.3, -0.25) is 0 Å². The highest BCUT2D eigenvalue weighted by atomic mass is 35.5. The second-order valence-corrected chi connectivity index (χ2v) is 6.82. The Labute approximate surface area is 144 Å². The lowest BCUT2D eigenvalue weighted by Gasteiger charge is -2.14. The number of halogens is 5. The molecule has 0 atom stereocenters. The molecule has 0 N–H and O–H groups in total. The van der Waals surface area contributed by atoms with Gasteiger partial charge < -0.3 is 8.92 Å². The summed E-state index contributed by atoms with van der Waals surface area (Å²) in [5, 5.41) is -0.0789. The summed E-state index contributed by atoms with van der Waals surface area (Å²) < 4.78 is 68.8. The van der Waals surface area contributed by atoms with Crippen molar-refractivity contribution in [2.45, 2.75) is 5.51 Å². The van der Waals surface area contributed by atoms with Crippen molar-refractivity contribution in [2.24, 2.45) is 0 Å². The van der Waals surface area contributed by atoms with Crippen LogP contribution in [0.5, 0.6) is 5.75 Å². The van der Waals surface area contributed by atoms with Gasteiger partial charge in [0, 0.05) is 10.4 Å². The van der Waals surface area contributed by atoms with E-state index < -0.39 is 27.3 Å². The van der Waals surface area contributed by atoms with Gasteiger partial charge in [0.25, 0.3) is 0 Å². The molecule has 11 heteroatoms. The SMILES string of the molecule is COC(=O)c1cc(OS(=O)(=O)C(F)(F)F)c2c(Cl)cc(Cl)cc2c1. The van der Waals surface area contributed by atoms with Crippen molar-refractivity contribution in [1.29, 1.82) is 0 Å². The zero-order valence-electron chi connectivity index (χ0n) is 11.6. The number of rotatable bonds is 3. The van der Waals surface area contributed by atoms with E-state index in [-0.39, 0.29) is 26.4 Å². The third kappa shape index (κ3) is 3.52. The van der Waals surface area contributed by atoms with E-state index in [1.807, 2.05) is 0 Å². The topological polar surface area (TPSA) is 69.7 Å². The van der Waals surface area contributed by atoms with E-state index in [1.165, 1.54) is 18.2 Å². The Morgan fingerprint density at radius 1 is 1.12 bits per heavy atom. The minimum absolute atomic E-state index is 0.0998. The van der Waals surface area contributed by atoms with E-state index in [2.05, 4.69) is 8.92 Å². The van der Waals surface area contributed by atoms with E-state index in [0.29, 0.717) is 0 Å². The van der Waals surface area contributed by atoms with Gasteiger partial charge in [-0.2, -0.15) is 21.6 Å². The first-order chi connectivity index (χ1) is 11.0. The first kappa shape index (κ1) is 18.6. The van der Waals surface area contributed by atoms with Crippen LogP contribution in [0.25, 0.3) is 10.8 Å². The zero-order chi connectivity index (χ0) is 18.3. The van der Waals surface area contributed by atoms with Crippen LogP contribution in [0.3, 0.4) is 0 Å².